The molecule has 0 aliphatic carbocycles. The Morgan fingerprint density at radius 2 is 2.47 bits per heavy atom. The van der Waals surface area contributed by atoms with Crippen LogP contribution in [0.2, 0.25) is 5.15 Å². The molecule has 0 saturated carbocycles. The molecule has 0 bridgehead atoms. The lowest BCUT2D eigenvalue weighted by Crippen LogP contribution is -2.42. The van der Waals surface area contributed by atoms with E-state index in [4.69, 9.17) is 16.3 Å². The smallest absolute Gasteiger partial charge is 0.268 e. The van der Waals surface area contributed by atoms with Crippen LogP contribution in [0.25, 0.3) is 0 Å². The first kappa shape index (κ1) is 14.2. The van der Waals surface area contributed by atoms with Gasteiger partial charge in [-0.25, -0.2) is 4.98 Å². The summed E-state index contributed by atoms with van der Waals surface area (Å²) in [5.41, 5.74) is -0.0636. The van der Waals surface area contributed by atoms with Crippen molar-refractivity contribution in [2.24, 2.45) is 0 Å². The van der Waals surface area contributed by atoms with Gasteiger partial charge in [0.25, 0.3) is 5.56 Å². The minimum atomic E-state index is -0.0340. The molecule has 1 aromatic rings. The Bertz CT molecular complexity index is 545. The Morgan fingerprint density at radius 1 is 1.63 bits per heavy atom. The predicted molar refractivity (Wildman–Crippen MR) is 85.1 cm³/mol. The first-order valence-electron chi connectivity index (χ1n) is 6.25. The third-order valence-electron chi connectivity index (χ3n) is 3.83. The first-order valence-corrected chi connectivity index (χ1v) is 8.86. The zero-order chi connectivity index (χ0) is 13.5. The van der Waals surface area contributed by atoms with Crippen molar-refractivity contribution >= 4 is 46.0 Å². The van der Waals surface area contributed by atoms with Gasteiger partial charge in [-0.2, -0.15) is 11.8 Å². The van der Waals surface area contributed by atoms with Gasteiger partial charge in [-0.3, -0.25) is 9.36 Å². The highest BCUT2D eigenvalue weighted by Gasteiger charge is 2.41. The van der Waals surface area contributed by atoms with Crippen LogP contribution in [0.1, 0.15) is 25.3 Å². The van der Waals surface area contributed by atoms with Gasteiger partial charge < -0.3 is 4.74 Å². The molecule has 2 saturated heterocycles. The molecule has 2 unspecified atom stereocenters. The minimum Gasteiger partial charge on any atom is -0.374 e. The van der Waals surface area contributed by atoms with E-state index in [0.29, 0.717) is 8.72 Å². The predicted octanol–water partition coefficient (Wildman–Crippen LogP) is 2.73. The van der Waals surface area contributed by atoms with E-state index in [9.17, 15) is 4.79 Å². The molecule has 1 aromatic heterocycles. The summed E-state index contributed by atoms with van der Waals surface area (Å²) in [7, 11) is 0. The number of hydrogen-bond donors (Lipinski definition) is 0. The molecule has 2 aliphatic rings. The van der Waals surface area contributed by atoms with Crippen LogP contribution in [0.15, 0.2) is 11.1 Å². The van der Waals surface area contributed by atoms with E-state index >= 15 is 0 Å². The largest absolute Gasteiger partial charge is 0.374 e. The van der Waals surface area contributed by atoms with Gasteiger partial charge in [-0.15, -0.1) is 0 Å². The number of nitrogens with zero attached hydrogens (tertiary/aromatic N) is 2. The van der Waals surface area contributed by atoms with Crippen molar-refractivity contribution in [3.63, 3.8) is 0 Å². The summed E-state index contributed by atoms with van der Waals surface area (Å²) in [5, 5.41) is 0.292. The Labute approximate surface area is 134 Å². The molecular weight excluding hydrogens is 399 g/mol. The third kappa shape index (κ3) is 2.69. The molecule has 3 heterocycles. The summed E-state index contributed by atoms with van der Waals surface area (Å²) in [6, 6.07) is 0.179. The molecule has 2 atom stereocenters. The average molecular weight is 413 g/mol. The van der Waals surface area contributed by atoms with Crippen LogP contribution < -0.4 is 5.56 Å². The summed E-state index contributed by atoms with van der Waals surface area (Å²) < 4.78 is 8.23. The fourth-order valence-electron chi connectivity index (χ4n) is 2.79. The zero-order valence-corrected chi connectivity index (χ0v) is 14.0. The highest BCUT2D eigenvalue weighted by atomic mass is 127. The van der Waals surface area contributed by atoms with Gasteiger partial charge in [0.2, 0.25) is 0 Å². The second-order valence-corrected chi connectivity index (χ2v) is 7.58. The number of hydrogen-bond acceptors (Lipinski definition) is 4. The first-order chi connectivity index (χ1) is 9.11. The van der Waals surface area contributed by atoms with Crippen LogP contribution in [0, 0.1) is 3.57 Å². The number of halogens is 2. The van der Waals surface area contributed by atoms with Gasteiger partial charge in [-0.05, 0) is 47.6 Å². The SMILES string of the molecule is O=c1c(I)c(Cl)ncn1C1CCOC2(CCSC2)C1. The van der Waals surface area contributed by atoms with Gasteiger partial charge in [0.05, 0.1) is 11.9 Å². The van der Waals surface area contributed by atoms with E-state index in [1.54, 1.807) is 10.9 Å². The number of rotatable bonds is 1. The van der Waals surface area contributed by atoms with Gasteiger partial charge in [0, 0.05) is 18.4 Å². The van der Waals surface area contributed by atoms with Crippen molar-refractivity contribution in [1.29, 1.82) is 0 Å². The van der Waals surface area contributed by atoms with E-state index in [1.165, 1.54) is 0 Å². The summed E-state index contributed by atoms with van der Waals surface area (Å²) in [5.74, 6) is 2.19. The Morgan fingerprint density at radius 3 is 3.21 bits per heavy atom. The molecule has 3 rings (SSSR count). The lowest BCUT2D eigenvalue weighted by Gasteiger charge is -2.38. The summed E-state index contributed by atoms with van der Waals surface area (Å²) >= 11 is 9.79. The van der Waals surface area contributed by atoms with Crippen LogP contribution in [-0.4, -0.2) is 33.3 Å². The summed E-state index contributed by atoms with van der Waals surface area (Å²) in [6.45, 7) is 0.719. The maximum atomic E-state index is 12.3. The van der Waals surface area contributed by atoms with Crippen molar-refractivity contribution in [2.45, 2.75) is 30.9 Å². The van der Waals surface area contributed by atoms with E-state index in [1.807, 2.05) is 34.4 Å². The molecule has 0 N–H and O–H groups in total. The summed E-state index contributed by atoms with van der Waals surface area (Å²) in [6.07, 6.45) is 4.44. The fourth-order valence-corrected chi connectivity index (χ4v) is 4.71. The topological polar surface area (TPSA) is 44.1 Å². The maximum Gasteiger partial charge on any atom is 0.268 e. The molecule has 19 heavy (non-hydrogen) atoms. The average Bonchev–Trinajstić information content (AvgIpc) is 2.84. The van der Waals surface area contributed by atoms with Crippen LogP contribution >= 0.6 is 46.0 Å². The quantitative estimate of drug-likeness (QED) is 0.525. The third-order valence-corrected chi connectivity index (χ3v) is 6.63. The van der Waals surface area contributed by atoms with Crippen molar-refractivity contribution in [3.05, 3.63) is 25.4 Å². The molecule has 0 aromatic carbocycles. The number of ether oxygens (including phenoxy) is 1. The van der Waals surface area contributed by atoms with E-state index in [2.05, 4.69) is 4.98 Å². The van der Waals surface area contributed by atoms with Crippen molar-refractivity contribution in [3.8, 4) is 0 Å². The maximum absolute atomic E-state index is 12.3. The van der Waals surface area contributed by atoms with Crippen molar-refractivity contribution < 1.29 is 4.74 Å². The fraction of sp³-hybridized carbons (Fsp3) is 0.667. The molecule has 104 valence electrons. The molecule has 0 radical (unpaired) electrons. The second kappa shape index (κ2) is 5.54. The van der Waals surface area contributed by atoms with Crippen LogP contribution in [-0.2, 0) is 4.74 Å². The van der Waals surface area contributed by atoms with E-state index in [-0.39, 0.29) is 17.2 Å². The molecule has 2 aliphatic heterocycles. The number of thioether (sulfide) groups is 1. The van der Waals surface area contributed by atoms with Crippen LogP contribution in [0.3, 0.4) is 0 Å². The minimum absolute atomic E-state index is 0.0297. The number of aromatic nitrogens is 2. The Hall–Kier alpha value is 0.210. The Kier molecular flexibility index (Phi) is 4.13. The normalized spacial score (nSPS) is 30.9. The second-order valence-electron chi connectivity index (χ2n) is 5.04. The van der Waals surface area contributed by atoms with Gasteiger partial charge in [0.15, 0.2) is 0 Å². The summed E-state index contributed by atoms with van der Waals surface area (Å²) in [4.78, 5) is 16.4. The van der Waals surface area contributed by atoms with Crippen LogP contribution in [0.5, 0.6) is 0 Å². The van der Waals surface area contributed by atoms with Crippen molar-refractivity contribution in [2.75, 3.05) is 18.1 Å². The van der Waals surface area contributed by atoms with Gasteiger partial charge >= 0.3 is 0 Å². The molecule has 4 nitrogen and oxygen atoms in total. The van der Waals surface area contributed by atoms with E-state index in [0.717, 1.165) is 37.4 Å². The lowest BCUT2D eigenvalue weighted by atomic mass is 9.90. The van der Waals surface area contributed by atoms with Gasteiger partial charge in [0.1, 0.15) is 8.72 Å². The lowest BCUT2D eigenvalue weighted by molar-refractivity contribution is -0.0767. The molecule has 7 heteroatoms. The molecule has 0 amide bonds. The standard InChI is InChI=1S/C12H14ClIN2O2S/c13-10-9(14)11(17)16(7-15-10)8-1-3-18-12(5-8)2-4-19-6-12/h7-8H,1-6H2. The van der Waals surface area contributed by atoms with Crippen LogP contribution in [0.4, 0.5) is 0 Å². The molecule has 2 fully saturated rings. The molecule has 1 spiro atoms. The Balaban J connectivity index is 1.90. The van der Waals surface area contributed by atoms with E-state index < -0.39 is 0 Å². The zero-order valence-electron chi connectivity index (χ0n) is 10.3. The van der Waals surface area contributed by atoms with Crippen molar-refractivity contribution in [1.82, 2.24) is 9.55 Å². The highest BCUT2D eigenvalue weighted by Crippen LogP contribution is 2.41. The monoisotopic (exact) mass is 412 g/mol. The van der Waals surface area contributed by atoms with Gasteiger partial charge in [-0.1, -0.05) is 11.6 Å². The molecular formula is C12H14ClIN2O2S. The highest BCUT2D eigenvalue weighted by molar-refractivity contribution is 14.1.